The standard InChI is InChI=1S/C20H21BN2O4/c1-4-18(24)22-15-8-5-13(6-9-15)19(25)23-16-10-7-14-12-20(2,3)27-21(26)17(14)11-16/h4-11,26H,1,12H2,2-3H3,(H,22,24)(H,23,25). The molecule has 3 N–H and O–H groups in total. The Morgan fingerprint density at radius 3 is 2.48 bits per heavy atom. The van der Waals surface area contributed by atoms with Crippen molar-refractivity contribution in [2.24, 2.45) is 0 Å². The van der Waals surface area contributed by atoms with E-state index in [0.717, 1.165) is 5.56 Å². The molecule has 0 saturated heterocycles. The molecular weight excluding hydrogens is 343 g/mol. The normalized spacial score (nSPS) is 14.9. The van der Waals surface area contributed by atoms with E-state index in [1.807, 2.05) is 26.0 Å². The lowest BCUT2D eigenvalue weighted by molar-refractivity contribution is -0.111. The fraction of sp³-hybridized carbons (Fsp3) is 0.200. The van der Waals surface area contributed by atoms with Gasteiger partial charge in [-0.05, 0) is 73.8 Å². The number of carbonyl (C=O) groups is 2. The van der Waals surface area contributed by atoms with Crippen LogP contribution in [0.15, 0.2) is 55.1 Å². The molecule has 27 heavy (non-hydrogen) atoms. The van der Waals surface area contributed by atoms with Gasteiger partial charge < -0.3 is 20.3 Å². The van der Waals surface area contributed by atoms with Crippen LogP contribution in [0.2, 0.25) is 0 Å². The van der Waals surface area contributed by atoms with E-state index in [2.05, 4.69) is 17.2 Å². The van der Waals surface area contributed by atoms with Crippen LogP contribution in [0.25, 0.3) is 0 Å². The molecular formula is C20H21BN2O4. The van der Waals surface area contributed by atoms with Crippen molar-refractivity contribution in [1.29, 1.82) is 0 Å². The van der Waals surface area contributed by atoms with Gasteiger partial charge in [-0.3, -0.25) is 9.59 Å². The number of nitrogens with one attached hydrogen (secondary N) is 2. The predicted molar refractivity (Wildman–Crippen MR) is 106 cm³/mol. The summed E-state index contributed by atoms with van der Waals surface area (Å²) in [7, 11) is -1.02. The molecule has 7 heteroatoms. The second kappa shape index (κ2) is 7.38. The van der Waals surface area contributed by atoms with Crippen LogP contribution in [0.3, 0.4) is 0 Å². The van der Waals surface area contributed by atoms with Gasteiger partial charge in [-0.25, -0.2) is 0 Å². The first-order valence-corrected chi connectivity index (χ1v) is 8.61. The lowest BCUT2D eigenvalue weighted by Gasteiger charge is -2.34. The van der Waals surface area contributed by atoms with Crippen molar-refractivity contribution in [3.8, 4) is 0 Å². The molecule has 0 atom stereocenters. The van der Waals surface area contributed by atoms with Gasteiger partial charge in [-0.1, -0.05) is 12.6 Å². The van der Waals surface area contributed by atoms with Crippen molar-refractivity contribution in [3.63, 3.8) is 0 Å². The number of anilines is 2. The molecule has 2 amide bonds. The maximum absolute atomic E-state index is 12.4. The third kappa shape index (κ3) is 4.45. The average molecular weight is 364 g/mol. The third-order valence-electron chi connectivity index (χ3n) is 4.32. The maximum Gasteiger partial charge on any atom is 0.491 e. The Balaban J connectivity index is 1.72. The Bertz CT molecular complexity index is 893. The van der Waals surface area contributed by atoms with Gasteiger partial charge in [0, 0.05) is 16.9 Å². The zero-order valence-corrected chi connectivity index (χ0v) is 15.3. The van der Waals surface area contributed by atoms with E-state index in [1.165, 1.54) is 6.08 Å². The summed E-state index contributed by atoms with van der Waals surface area (Å²) >= 11 is 0. The molecule has 0 fully saturated rings. The van der Waals surface area contributed by atoms with Gasteiger partial charge in [0.25, 0.3) is 5.91 Å². The largest absolute Gasteiger partial charge is 0.491 e. The molecule has 0 saturated carbocycles. The van der Waals surface area contributed by atoms with Crippen molar-refractivity contribution in [2.45, 2.75) is 25.9 Å². The van der Waals surface area contributed by atoms with E-state index in [4.69, 9.17) is 4.65 Å². The zero-order chi connectivity index (χ0) is 19.6. The van der Waals surface area contributed by atoms with Gasteiger partial charge in [0.05, 0.1) is 5.60 Å². The van der Waals surface area contributed by atoms with Crippen molar-refractivity contribution in [3.05, 3.63) is 66.2 Å². The Hall–Kier alpha value is -2.90. The van der Waals surface area contributed by atoms with Crippen LogP contribution < -0.4 is 16.1 Å². The highest BCUT2D eigenvalue weighted by molar-refractivity contribution is 6.61. The highest BCUT2D eigenvalue weighted by Gasteiger charge is 2.35. The monoisotopic (exact) mass is 364 g/mol. The molecule has 1 heterocycles. The number of rotatable bonds is 4. The first-order valence-electron chi connectivity index (χ1n) is 8.61. The van der Waals surface area contributed by atoms with Crippen molar-refractivity contribution >= 4 is 35.8 Å². The number of benzene rings is 2. The van der Waals surface area contributed by atoms with Gasteiger partial charge >= 0.3 is 7.12 Å². The summed E-state index contributed by atoms with van der Waals surface area (Å²) in [6, 6.07) is 12.0. The molecule has 0 bridgehead atoms. The van der Waals surface area contributed by atoms with Crippen LogP contribution in [0, 0.1) is 0 Å². The smallest absolute Gasteiger partial charge is 0.423 e. The Morgan fingerprint density at radius 1 is 1.15 bits per heavy atom. The number of amides is 2. The number of carbonyl (C=O) groups excluding carboxylic acids is 2. The molecule has 0 radical (unpaired) electrons. The van der Waals surface area contributed by atoms with E-state index < -0.39 is 12.7 Å². The molecule has 0 aromatic heterocycles. The summed E-state index contributed by atoms with van der Waals surface area (Å²) in [5.41, 5.74) is 2.83. The van der Waals surface area contributed by atoms with Crippen LogP contribution >= 0.6 is 0 Å². The number of hydrogen-bond acceptors (Lipinski definition) is 4. The topological polar surface area (TPSA) is 87.7 Å². The molecule has 138 valence electrons. The molecule has 0 unspecified atom stereocenters. The minimum absolute atomic E-state index is 0.289. The number of fused-ring (bicyclic) bond motifs is 1. The molecule has 2 aromatic carbocycles. The van der Waals surface area contributed by atoms with E-state index in [1.54, 1.807) is 30.3 Å². The fourth-order valence-electron chi connectivity index (χ4n) is 3.03. The Kier molecular flexibility index (Phi) is 5.16. The second-order valence-electron chi connectivity index (χ2n) is 7.05. The van der Waals surface area contributed by atoms with E-state index >= 15 is 0 Å². The molecule has 0 aliphatic carbocycles. The van der Waals surface area contributed by atoms with Gasteiger partial charge in [0.15, 0.2) is 0 Å². The lowest BCUT2D eigenvalue weighted by Crippen LogP contribution is -2.50. The average Bonchev–Trinajstić information content (AvgIpc) is 2.62. The maximum atomic E-state index is 12.4. The first kappa shape index (κ1) is 18.9. The highest BCUT2D eigenvalue weighted by Crippen LogP contribution is 2.23. The van der Waals surface area contributed by atoms with Gasteiger partial charge in [0.2, 0.25) is 5.91 Å². The molecule has 1 aliphatic rings. The van der Waals surface area contributed by atoms with E-state index in [0.29, 0.717) is 28.8 Å². The summed E-state index contributed by atoms with van der Waals surface area (Å²) in [6.45, 7) is 7.24. The van der Waals surface area contributed by atoms with E-state index in [9.17, 15) is 14.6 Å². The van der Waals surface area contributed by atoms with Crippen LogP contribution in [0.5, 0.6) is 0 Å². The molecule has 0 spiro atoms. The quantitative estimate of drug-likeness (QED) is 0.573. The van der Waals surface area contributed by atoms with E-state index in [-0.39, 0.29) is 11.8 Å². The second-order valence-corrected chi connectivity index (χ2v) is 7.05. The van der Waals surface area contributed by atoms with Crippen molar-refractivity contribution in [2.75, 3.05) is 10.6 Å². The molecule has 3 rings (SSSR count). The van der Waals surface area contributed by atoms with Crippen LogP contribution in [-0.4, -0.2) is 29.6 Å². The fourth-order valence-corrected chi connectivity index (χ4v) is 3.03. The summed E-state index contributed by atoms with van der Waals surface area (Å²) in [4.78, 5) is 23.7. The summed E-state index contributed by atoms with van der Waals surface area (Å²) in [5, 5.41) is 15.7. The molecule has 2 aromatic rings. The van der Waals surface area contributed by atoms with Crippen molar-refractivity contribution < 1.29 is 19.3 Å². The molecule has 1 aliphatic heterocycles. The predicted octanol–water partition coefficient (Wildman–Crippen LogP) is 2.10. The highest BCUT2D eigenvalue weighted by atomic mass is 16.5. The SMILES string of the molecule is C=CC(=O)Nc1ccc(C(=O)Nc2ccc3c(c2)B(O)OC(C)(C)C3)cc1. The Morgan fingerprint density at radius 2 is 1.81 bits per heavy atom. The minimum atomic E-state index is -1.02. The molecule has 6 nitrogen and oxygen atoms in total. The lowest BCUT2D eigenvalue weighted by atomic mass is 9.70. The summed E-state index contributed by atoms with van der Waals surface area (Å²) in [6.07, 6.45) is 1.86. The summed E-state index contributed by atoms with van der Waals surface area (Å²) in [5.74, 6) is -0.603. The van der Waals surface area contributed by atoms with Crippen LogP contribution in [0.4, 0.5) is 11.4 Å². The van der Waals surface area contributed by atoms with Crippen LogP contribution in [-0.2, 0) is 15.9 Å². The number of hydrogen-bond donors (Lipinski definition) is 3. The van der Waals surface area contributed by atoms with Crippen LogP contribution in [0.1, 0.15) is 29.8 Å². The zero-order valence-electron chi connectivity index (χ0n) is 15.3. The minimum Gasteiger partial charge on any atom is -0.423 e. The van der Waals surface area contributed by atoms with Gasteiger partial charge in [-0.15, -0.1) is 0 Å². The Labute approximate surface area is 158 Å². The summed E-state index contributed by atoms with van der Waals surface area (Å²) < 4.78 is 5.60. The third-order valence-corrected chi connectivity index (χ3v) is 4.32. The van der Waals surface area contributed by atoms with Gasteiger partial charge in [0.1, 0.15) is 0 Å². The van der Waals surface area contributed by atoms with Gasteiger partial charge in [-0.2, -0.15) is 0 Å². The van der Waals surface area contributed by atoms with Crippen molar-refractivity contribution in [1.82, 2.24) is 0 Å². The first-order chi connectivity index (χ1) is 12.8.